The van der Waals surface area contributed by atoms with Crippen LogP contribution in [-0.2, 0) is 14.4 Å². The van der Waals surface area contributed by atoms with Crippen LogP contribution < -0.4 is 16.8 Å². The monoisotopic (exact) mass is 327 g/mol. The molecule has 6 heteroatoms. The number of carbonyl (C=O) groups excluding carboxylic acids is 3. The van der Waals surface area contributed by atoms with E-state index in [0.29, 0.717) is 6.42 Å². The Hall–Kier alpha value is -1.43. The second-order valence-corrected chi connectivity index (χ2v) is 6.10. The number of amides is 3. The molecule has 0 aromatic carbocycles. The van der Waals surface area contributed by atoms with Gasteiger partial charge in [0.2, 0.25) is 17.7 Å². The van der Waals surface area contributed by atoms with Gasteiger partial charge >= 0.3 is 0 Å². The number of nitrogens with one attached hydrogen (secondary N) is 1. The first-order valence-corrected chi connectivity index (χ1v) is 8.85. The Balaban J connectivity index is 3.55. The zero-order chi connectivity index (χ0) is 17.5. The molecule has 0 unspecified atom stereocenters. The third kappa shape index (κ3) is 13.9. The van der Waals surface area contributed by atoms with Crippen LogP contribution in [0.2, 0.25) is 0 Å². The molecule has 23 heavy (non-hydrogen) atoms. The van der Waals surface area contributed by atoms with Crippen molar-refractivity contribution in [2.24, 2.45) is 11.5 Å². The smallest absolute Gasteiger partial charge is 0.243 e. The van der Waals surface area contributed by atoms with Crippen LogP contribution in [0.3, 0.4) is 0 Å². The number of primary amides is 1. The molecule has 0 aliphatic carbocycles. The molecule has 0 heterocycles. The zero-order valence-corrected chi connectivity index (χ0v) is 14.4. The summed E-state index contributed by atoms with van der Waals surface area (Å²) >= 11 is 0. The first-order chi connectivity index (χ1) is 11.0. The Bertz CT molecular complexity index is 359. The topological polar surface area (TPSA) is 115 Å². The molecule has 0 saturated heterocycles. The molecule has 0 rings (SSSR count). The highest BCUT2D eigenvalue weighted by atomic mass is 16.2. The van der Waals surface area contributed by atoms with Crippen molar-refractivity contribution in [3.63, 3.8) is 0 Å². The van der Waals surface area contributed by atoms with Crippen LogP contribution in [-0.4, -0.2) is 23.8 Å². The molecule has 3 amide bonds. The summed E-state index contributed by atoms with van der Waals surface area (Å²) in [5.41, 5.74) is 10.6. The van der Waals surface area contributed by atoms with Crippen LogP contribution in [0.25, 0.3) is 0 Å². The average molecular weight is 327 g/mol. The van der Waals surface area contributed by atoms with Crippen molar-refractivity contribution in [3.8, 4) is 0 Å². The highest BCUT2D eigenvalue weighted by molar-refractivity contribution is 5.97. The molecule has 0 aliphatic heterocycles. The summed E-state index contributed by atoms with van der Waals surface area (Å²) in [5, 5.41) is 2.27. The van der Waals surface area contributed by atoms with Gasteiger partial charge in [0, 0.05) is 12.8 Å². The van der Waals surface area contributed by atoms with Gasteiger partial charge in [-0.3, -0.25) is 19.7 Å². The van der Waals surface area contributed by atoms with E-state index in [1.165, 1.54) is 38.5 Å². The summed E-state index contributed by atoms with van der Waals surface area (Å²) in [4.78, 5) is 33.9. The van der Waals surface area contributed by atoms with E-state index >= 15 is 0 Å². The largest absolute Gasteiger partial charge is 0.370 e. The summed E-state index contributed by atoms with van der Waals surface area (Å²) in [6.45, 7) is 2.21. The molecule has 134 valence electrons. The Morgan fingerprint density at radius 1 is 0.870 bits per heavy atom. The molecule has 0 bridgehead atoms. The molecule has 0 fully saturated rings. The van der Waals surface area contributed by atoms with E-state index in [1.54, 1.807) is 0 Å². The maximum Gasteiger partial charge on any atom is 0.243 e. The summed E-state index contributed by atoms with van der Waals surface area (Å²) in [6.07, 6.45) is 11.1. The van der Waals surface area contributed by atoms with Crippen molar-refractivity contribution in [2.45, 2.75) is 90.0 Å². The average Bonchev–Trinajstić information content (AvgIpc) is 2.50. The molecule has 0 spiro atoms. The number of hydrogen-bond donors (Lipinski definition) is 3. The lowest BCUT2D eigenvalue weighted by Gasteiger charge is -2.10. The van der Waals surface area contributed by atoms with Crippen molar-refractivity contribution in [1.82, 2.24) is 5.32 Å². The lowest BCUT2D eigenvalue weighted by molar-refractivity contribution is -0.131. The Morgan fingerprint density at radius 2 is 1.39 bits per heavy atom. The maximum absolute atomic E-state index is 11.6. The zero-order valence-electron chi connectivity index (χ0n) is 14.4. The van der Waals surface area contributed by atoms with E-state index in [-0.39, 0.29) is 18.7 Å². The van der Waals surface area contributed by atoms with Gasteiger partial charge in [0.1, 0.15) is 0 Å². The van der Waals surface area contributed by atoms with E-state index in [1.807, 2.05) is 0 Å². The number of imide groups is 1. The molecule has 0 radical (unpaired) electrons. The standard InChI is InChI=1S/C17H33N3O3/c1-2-3-4-5-6-7-8-9-10-11-16(22)20-17(23)14(18)12-13-15(19)21/h14H,2-13,18H2,1H3,(H2,19,21)(H,20,22,23)/t14-/m0/s1. The van der Waals surface area contributed by atoms with Crippen LogP contribution in [0.15, 0.2) is 0 Å². The van der Waals surface area contributed by atoms with E-state index < -0.39 is 17.9 Å². The number of rotatable bonds is 14. The second kappa shape index (κ2) is 14.2. The molecule has 0 saturated carbocycles. The van der Waals surface area contributed by atoms with E-state index in [9.17, 15) is 14.4 Å². The van der Waals surface area contributed by atoms with Crippen LogP contribution in [0.5, 0.6) is 0 Å². The Labute approximate surface area is 139 Å². The van der Waals surface area contributed by atoms with Gasteiger partial charge in [-0.25, -0.2) is 0 Å². The summed E-state index contributed by atoms with van der Waals surface area (Å²) in [7, 11) is 0. The maximum atomic E-state index is 11.6. The predicted molar refractivity (Wildman–Crippen MR) is 91.4 cm³/mol. The highest BCUT2D eigenvalue weighted by Gasteiger charge is 2.16. The van der Waals surface area contributed by atoms with Crippen molar-refractivity contribution >= 4 is 17.7 Å². The van der Waals surface area contributed by atoms with Gasteiger partial charge in [0.25, 0.3) is 0 Å². The Kier molecular flexibility index (Phi) is 13.3. The highest BCUT2D eigenvalue weighted by Crippen LogP contribution is 2.10. The fraction of sp³-hybridized carbons (Fsp3) is 0.824. The number of nitrogens with two attached hydrogens (primary N) is 2. The normalized spacial score (nSPS) is 11.9. The summed E-state index contributed by atoms with van der Waals surface area (Å²) in [6, 6.07) is -0.866. The summed E-state index contributed by atoms with van der Waals surface area (Å²) < 4.78 is 0. The second-order valence-electron chi connectivity index (χ2n) is 6.10. The molecule has 1 atom stereocenters. The number of carbonyl (C=O) groups is 3. The van der Waals surface area contributed by atoms with Crippen molar-refractivity contribution < 1.29 is 14.4 Å². The first-order valence-electron chi connectivity index (χ1n) is 8.85. The molecule has 0 aliphatic rings. The van der Waals surface area contributed by atoms with Gasteiger partial charge in [-0.15, -0.1) is 0 Å². The van der Waals surface area contributed by atoms with Gasteiger partial charge in [0.05, 0.1) is 6.04 Å². The third-order valence-electron chi connectivity index (χ3n) is 3.81. The lowest BCUT2D eigenvalue weighted by Crippen LogP contribution is -2.43. The van der Waals surface area contributed by atoms with Crippen molar-refractivity contribution in [1.29, 1.82) is 0 Å². The van der Waals surface area contributed by atoms with Crippen molar-refractivity contribution in [3.05, 3.63) is 0 Å². The molecule has 5 N–H and O–H groups in total. The van der Waals surface area contributed by atoms with Gasteiger partial charge in [0.15, 0.2) is 0 Å². The fourth-order valence-electron chi connectivity index (χ4n) is 2.32. The number of unbranched alkanes of at least 4 members (excludes halogenated alkanes) is 8. The molecule has 0 aromatic rings. The van der Waals surface area contributed by atoms with Crippen LogP contribution in [0.1, 0.15) is 84.0 Å². The predicted octanol–water partition coefficient (Wildman–Crippen LogP) is 2.14. The quantitative estimate of drug-likeness (QED) is 0.424. The van der Waals surface area contributed by atoms with Crippen molar-refractivity contribution in [2.75, 3.05) is 0 Å². The molecule has 0 aromatic heterocycles. The van der Waals surface area contributed by atoms with Crippen LogP contribution in [0, 0.1) is 0 Å². The summed E-state index contributed by atoms with van der Waals surface area (Å²) in [5.74, 6) is -1.34. The van der Waals surface area contributed by atoms with E-state index in [4.69, 9.17) is 11.5 Å². The van der Waals surface area contributed by atoms with Gasteiger partial charge in [-0.05, 0) is 12.8 Å². The lowest BCUT2D eigenvalue weighted by atomic mass is 10.1. The van der Waals surface area contributed by atoms with Gasteiger partial charge in [-0.1, -0.05) is 58.3 Å². The van der Waals surface area contributed by atoms with Gasteiger partial charge < -0.3 is 11.5 Å². The fourth-order valence-corrected chi connectivity index (χ4v) is 2.32. The third-order valence-corrected chi connectivity index (χ3v) is 3.81. The van der Waals surface area contributed by atoms with E-state index in [2.05, 4.69) is 12.2 Å². The minimum atomic E-state index is -0.866. The molecule has 6 nitrogen and oxygen atoms in total. The Morgan fingerprint density at radius 3 is 1.91 bits per heavy atom. The first kappa shape index (κ1) is 21.6. The van der Waals surface area contributed by atoms with Crippen LogP contribution >= 0.6 is 0 Å². The van der Waals surface area contributed by atoms with E-state index in [0.717, 1.165) is 19.3 Å². The molecular weight excluding hydrogens is 294 g/mol. The minimum Gasteiger partial charge on any atom is -0.370 e. The van der Waals surface area contributed by atoms with Crippen LogP contribution in [0.4, 0.5) is 0 Å². The molecular formula is C17H33N3O3. The SMILES string of the molecule is CCCCCCCCCCCC(=O)NC(=O)[C@@H](N)CCC(N)=O. The van der Waals surface area contributed by atoms with Gasteiger partial charge in [-0.2, -0.15) is 0 Å². The number of hydrogen-bond acceptors (Lipinski definition) is 4. The minimum absolute atomic E-state index is 0.0427.